The molecular formula is C76H56O3. The fourth-order valence-electron chi connectivity index (χ4n) is 10.9. The summed E-state index contributed by atoms with van der Waals surface area (Å²) in [4.78, 5) is 15.1. The average molecular weight is 1020 g/mol. The zero-order valence-corrected chi connectivity index (χ0v) is 44.1. The fraction of sp³-hybridized carbons (Fsp3) is 0.0395. The number of hydrogen-bond acceptors (Lipinski definition) is 3. The lowest BCUT2D eigenvalue weighted by molar-refractivity contribution is 0.0472. The summed E-state index contributed by atoms with van der Waals surface area (Å²) in [5.41, 5.74) is 22.4. The standard InChI is InChI=1S/C76H56O3/c1-52-38-42-65(43-39-52)79-66-44-40-61(41-45-66)74-68(56-28-14-5-15-29-56)50-70(73(59-34-20-8-21-35-59)75(74)60-36-22-9-23-37-60)63-46-62(47-64(48-63)76(77)78-51-54-24-10-3-11-25-54)69-49-67(55-26-12-4-13-27-55)53(2)71(57-30-16-6-17-31-57)72(69)58-32-18-7-19-33-58/h3-50H,51H2,1-2H3. The molecule has 0 heterocycles. The van der Waals surface area contributed by atoms with E-state index in [9.17, 15) is 0 Å². The topological polar surface area (TPSA) is 35.5 Å². The third kappa shape index (κ3) is 10.6. The third-order valence-corrected chi connectivity index (χ3v) is 14.7. The Morgan fingerprint density at radius 1 is 0.304 bits per heavy atom. The van der Waals surface area contributed by atoms with Crippen LogP contribution >= 0.6 is 0 Å². The van der Waals surface area contributed by atoms with Crippen molar-refractivity contribution in [3.8, 4) is 112 Å². The summed E-state index contributed by atoms with van der Waals surface area (Å²) in [5, 5.41) is 0. The van der Waals surface area contributed by atoms with E-state index in [2.05, 4.69) is 250 Å². The molecule has 0 aliphatic carbocycles. The molecule has 0 aliphatic heterocycles. The van der Waals surface area contributed by atoms with E-state index in [4.69, 9.17) is 9.47 Å². The molecule has 0 radical (unpaired) electrons. The summed E-state index contributed by atoms with van der Waals surface area (Å²) in [6.07, 6.45) is 0. The van der Waals surface area contributed by atoms with Crippen molar-refractivity contribution < 1.29 is 14.3 Å². The van der Waals surface area contributed by atoms with Crippen LogP contribution in [-0.4, -0.2) is 5.97 Å². The van der Waals surface area contributed by atoms with Crippen LogP contribution in [0.5, 0.6) is 11.5 Å². The van der Waals surface area contributed by atoms with E-state index >= 15 is 4.79 Å². The van der Waals surface area contributed by atoms with Gasteiger partial charge in [-0.2, -0.15) is 0 Å². The van der Waals surface area contributed by atoms with Crippen LogP contribution in [-0.2, 0) is 11.3 Å². The molecule has 0 aliphatic rings. The summed E-state index contributed by atoms with van der Waals surface area (Å²) >= 11 is 0. The van der Waals surface area contributed by atoms with Gasteiger partial charge in [-0.3, -0.25) is 0 Å². The van der Waals surface area contributed by atoms with Gasteiger partial charge in [0.15, 0.2) is 0 Å². The Balaban J connectivity index is 1.18. The van der Waals surface area contributed by atoms with Gasteiger partial charge in [-0.25, -0.2) is 4.79 Å². The van der Waals surface area contributed by atoms with Crippen molar-refractivity contribution in [1.29, 1.82) is 0 Å². The van der Waals surface area contributed by atoms with Crippen LogP contribution in [0.4, 0.5) is 0 Å². The first-order valence-electron chi connectivity index (χ1n) is 26.9. The number of rotatable bonds is 14. The van der Waals surface area contributed by atoms with Gasteiger partial charge in [-0.1, -0.05) is 242 Å². The van der Waals surface area contributed by atoms with Crippen molar-refractivity contribution in [2.75, 3.05) is 0 Å². The summed E-state index contributed by atoms with van der Waals surface area (Å²) in [5.74, 6) is 1.11. The second-order valence-electron chi connectivity index (χ2n) is 19.9. The van der Waals surface area contributed by atoms with Crippen molar-refractivity contribution in [2.24, 2.45) is 0 Å². The minimum Gasteiger partial charge on any atom is -0.457 e. The molecule has 0 saturated heterocycles. The fourth-order valence-corrected chi connectivity index (χ4v) is 10.9. The number of aryl methyl sites for hydroxylation is 1. The lowest BCUT2D eigenvalue weighted by Crippen LogP contribution is -2.07. The van der Waals surface area contributed by atoms with Crippen LogP contribution < -0.4 is 4.74 Å². The van der Waals surface area contributed by atoms with E-state index in [0.29, 0.717) is 5.56 Å². The van der Waals surface area contributed by atoms with Crippen LogP contribution in [0.15, 0.2) is 291 Å². The molecule has 12 aromatic rings. The molecule has 0 N–H and O–H groups in total. The molecule has 378 valence electrons. The highest BCUT2D eigenvalue weighted by Gasteiger charge is 2.27. The van der Waals surface area contributed by atoms with Crippen LogP contribution in [0.25, 0.3) is 100 Å². The Kier molecular flexibility index (Phi) is 14.3. The smallest absolute Gasteiger partial charge is 0.338 e. The molecule has 0 bridgehead atoms. The first-order chi connectivity index (χ1) is 38.9. The predicted molar refractivity (Wildman–Crippen MR) is 327 cm³/mol. The highest BCUT2D eigenvalue weighted by Crippen LogP contribution is 2.52. The molecule has 0 aromatic heterocycles. The molecule has 0 amide bonds. The molecule has 0 atom stereocenters. The third-order valence-electron chi connectivity index (χ3n) is 14.7. The Morgan fingerprint density at radius 2 is 0.646 bits per heavy atom. The zero-order valence-electron chi connectivity index (χ0n) is 44.1. The second kappa shape index (κ2) is 22.6. The molecule has 0 unspecified atom stereocenters. The van der Waals surface area contributed by atoms with Gasteiger partial charge in [0.2, 0.25) is 0 Å². The Morgan fingerprint density at radius 3 is 1.11 bits per heavy atom. The molecule has 0 fully saturated rings. The molecule has 79 heavy (non-hydrogen) atoms. The quantitative estimate of drug-likeness (QED) is 0.102. The van der Waals surface area contributed by atoms with Crippen LogP contribution in [0.3, 0.4) is 0 Å². The highest BCUT2D eigenvalue weighted by atomic mass is 16.5. The Bertz CT molecular complexity index is 4050. The number of carbonyl (C=O) groups is 1. The van der Waals surface area contributed by atoms with Crippen LogP contribution in [0.1, 0.15) is 27.0 Å². The van der Waals surface area contributed by atoms with E-state index in [1.54, 1.807) is 0 Å². The van der Waals surface area contributed by atoms with Gasteiger partial charge in [0.05, 0.1) is 5.56 Å². The largest absolute Gasteiger partial charge is 0.457 e. The monoisotopic (exact) mass is 1020 g/mol. The maximum atomic E-state index is 15.1. The summed E-state index contributed by atoms with van der Waals surface area (Å²) in [7, 11) is 0. The number of carbonyl (C=O) groups excluding carboxylic acids is 1. The zero-order chi connectivity index (χ0) is 53.5. The first kappa shape index (κ1) is 49.8. The number of hydrogen-bond donors (Lipinski definition) is 0. The van der Waals surface area contributed by atoms with Gasteiger partial charge in [-0.05, 0) is 180 Å². The van der Waals surface area contributed by atoms with E-state index in [1.807, 2.05) is 54.6 Å². The van der Waals surface area contributed by atoms with E-state index < -0.39 is 5.97 Å². The minimum absolute atomic E-state index is 0.129. The van der Waals surface area contributed by atoms with Crippen molar-refractivity contribution in [3.05, 3.63) is 313 Å². The average Bonchev–Trinajstić information content (AvgIpc) is 3.54. The Labute approximate surface area is 463 Å². The molecule has 0 saturated carbocycles. The van der Waals surface area contributed by atoms with Gasteiger partial charge < -0.3 is 9.47 Å². The molecule has 3 heteroatoms. The number of esters is 1. The first-order valence-corrected chi connectivity index (χ1v) is 26.9. The molecular weight excluding hydrogens is 961 g/mol. The van der Waals surface area contributed by atoms with Crippen LogP contribution in [0.2, 0.25) is 0 Å². The van der Waals surface area contributed by atoms with Gasteiger partial charge >= 0.3 is 5.97 Å². The minimum atomic E-state index is -0.413. The van der Waals surface area contributed by atoms with Crippen molar-refractivity contribution in [2.45, 2.75) is 20.5 Å². The highest BCUT2D eigenvalue weighted by molar-refractivity contribution is 6.09. The van der Waals surface area contributed by atoms with Crippen LogP contribution in [0, 0.1) is 13.8 Å². The lowest BCUT2D eigenvalue weighted by atomic mass is 9.78. The van der Waals surface area contributed by atoms with Gasteiger partial charge in [0.1, 0.15) is 18.1 Å². The maximum absolute atomic E-state index is 15.1. The van der Waals surface area contributed by atoms with Gasteiger partial charge in [-0.15, -0.1) is 0 Å². The molecule has 12 aromatic carbocycles. The summed E-state index contributed by atoms with van der Waals surface area (Å²) < 4.78 is 12.7. The van der Waals surface area contributed by atoms with Crippen molar-refractivity contribution >= 4 is 5.97 Å². The van der Waals surface area contributed by atoms with Gasteiger partial charge in [0, 0.05) is 0 Å². The number of ether oxygens (including phenoxy) is 2. The SMILES string of the molecule is Cc1ccc(Oc2ccc(-c3c(-c4ccccc4)cc(-c4cc(C(=O)OCc5ccccc5)cc(-c5cc(-c6ccccc6)c(C)c(-c6ccccc6)c5-c5ccccc5)c4)c(-c4ccccc4)c3-c3ccccc3)cc2)cc1. The normalized spacial score (nSPS) is 11.0. The van der Waals surface area contributed by atoms with Crippen molar-refractivity contribution in [1.82, 2.24) is 0 Å². The van der Waals surface area contributed by atoms with Gasteiger partial charge in [0.25, 0.3) is 0 Å². The second-order valence-corrected chi connectivity index (χ2v) is 19.9. The van der Waals surface area contributed by atoms with E-state index in [0.717, 1.165) is 123 Å². The Hall–Kier alpha value is -10.1. The number of benzene rings is 12. The van der Waals surface area contributed by atoms with Crippen molar-refractivity contribution in [3.63, 3.8) is 0 Å². The van der Waals surface area contributed by atoms with E-state index in [1.165, 1.54) is 5.56 Å². The lowest BCUT2D eigenvalue weighted by Gasteiger charge is -2.26. The molecule has 12 rings (SSSR count). The molecule has 0 spiro atoms. The maximum Gasteiger partial charge on any atom is 0.338 e. The summed E-state index contributed by atoms with van der Waals surface area (Å²) in [6.45, 7) is 4.44. The molecule has 3 nitrogen and oxygen atoms in total. The predicted octanol–water partition coefficient (Wildman–Crippen LogP) is 20.5. The summed E-state index contributed by atoms with van der Waals surface area (Å²) in [6, 6.07) is 101. The van der Waals surface area contributed by atoms with E-state index in [-0.39, 0.29) is 6.61 Å².